The smallest absolute Gasteiger partial charge is 0.0482 e. The van der Waals surface area contributed by atoms with Gasteiger partial charge in [0.1, 0.15) is 0 Å². The lowest BCUT2D eigenvalue weighted by Crippen LogP contribution is -2.02. The third-order valence-electron chi connectivity index (χ3n) is 9.10. The van der Waals surface area contributed by atoms with Crippen molar-refractivity contribution in [3.05, 3.63) is 207 Å². The fourth-order valence-electron chi connectivity index (χ4n) is 6.81. The van der Waals surface area contributed by atoms with Gasteiger partial charge in [0.25, 0.3) is 0 Å². The van der Waals surface area contributed by atoms with E-state index in [1.165, 1.54) is 0 Å². The first kappa shape index (κ1) is 37.0. The molecule has 0 saturated carbocycles. The fourth-order valence-corrected chi connectivity index (χ4v) is 6.81. The zero-order valence-corrected chi connectivity index (χ0v) is 31.7. The van der Waals surface area contributed by atoms with Gasteiger partial charge < -0.3 is 18.3 Å². The van der Waals surface area contributed by atoms with Crippen LogP contribution in [-0.2, 0) is 0 Å². The van der Waals surface area contributed by atoms with Crippen molar-refractivity contribution in [2.45, 2.75) is 27.7 Å². The molecule has 0 aliphatic carbocycles. The Hall–Kier alpha value is -6.78. The molecule has 4 heteroatoms. The van der Waals surface area contributed by atoms with E-state index in [0.29, 0.717) is 0 Å². The van der Waals surface area contributed by atoms with Crippen LogP contribution in [0.1, 0.15) is 27.7 Å². The molecule has 54 heavy (non-hydrogen) atoms. The van der Waals surface area contributed by atoms with Gasteiger partial charge in [-0.2, -0.15) is 0 Å². The Morgan fingerprint density at radius 3 is 1.24 bits per heavy atom. The number of para-hydroxylation sites is 2. The zero-order chi connectivity index (χ0) is 37.9. The highest BCUT2D eigenvalue weighted by Crippen LogP contribution is 2.26. The van der Waals surface area contributed by atoms with E-state index in [9.17, 15) is 0 Å². The minimum absolute atomic E-state index is 0.915. The molecular formula is C50H48N4. The zero-order valence-electron chi connectivity index (χ0n) is 31.7. The molecule has 10 aromatic rings. The van der Waals surface area contributed by atoms with Crippen molar-refractivity contribution < 1.29 is 0 Å². The second kappa shape index (κ2) is 17.6. The molecule has 6 aromatic carbocycles. The minimum Gasteiger partial charge on any atom is -0.311 e. The Bertz CT molecular complexity index is 2630. The average Bonchev–Trinajstić information content (AvgIpc) is 3.23. The highest BCUT2D eigenvalue weighted by Gasteiger charge is 2.08. The van der Waals surface area contributed by atoms with Crippen LogP contribution < -0.4 is 0 Å². The molecule has 0 N–H and O–H groups in total. The summed E-state index contributed by atoms with van der Waals surface area (Å²) < 4.78 is 9.15. The first-order valence-corrected chi connectivity index (χ1v) is 18.6. The second-order valence-electron chi connectivity index (χ2n) is 12.3. The van der Waals surface area contributed by atoms with Gasteiger partial charge in [0, 0.05) is 66.9 Å². The summed E-state index contributed by atoms with van der Waals surface area (Å²) in [4.78, 5) is 0. The Labute approximate surface area is 319 Å². The summed E-state index contributed by atoms with van der Waals surface area (Å²) in [6, 6.07) is 56.0. The van der Waals surface area contributed by atoms with Crippen LogP contribution in [0.15, 0.2) is 207 Å². The number of aromatic nitrogens is 4. The third-order valence-corrected chi connectivity index (χ3v) is 9.10. The highest BCUT2D eigenvalue weighted by molar-refractivity contribution is 5.81. The van der Waals surface area contributed by atoms with E-state index in [1.54, 1.807) is 6.08 Å². The molecule has 0 aliphatic rings. The van der Waals surface area contributed by atoms with Crippen molar-refractivity contribution in [1.82, 2.24) is 18.3 Å². The van der Waals surface area contributed by atoms with Gasteiger partial charge in [0.15, 0.2) is 0 Å². The molecule has 8 bridgehead atoms. The molecule has 10 rings (SSSR count). The van der Waals surface area contributed by atoms with Gasteiger partial charge in [-0.15, -0.1) is 0 Å². The molecule has 4 nitrogen and oxygen atoms in total. The van der Waals surface area contributed by atoms with Gasteiger partial charge in [-0.05, 0) is 141 Å². The van der Waals surface area contributed by atoms with Gasteiger partial charge >= 0.3 is 0 Å². The Morgan fingerprint density at radius 2 is 0.852 bits per heavy atom. The van der Waals surface area contributed by atoms with Gasteiger partial charge in [-0.1, -0.05) is 93.8 Å². The van der Waals surface area contributed by atoms with E-state index in [4.69, 9.17) is 0 Å². The first-order chi connectivity index (χ1) is 26.6. The van der Waals surface area contributed by atoms with Crippen molar-refractivity contribution in [3.63, 3.8) is 0 Å². The molecule has 0 saturated heterocycles. The predicted molar refractivity (Wildman–Crippen MR) is 236 cm³/mol. The standard InChI is InChI=1S/C48H42N4.C2H6/c1-5-17-37(7-3)49-41-27-29-42(30-28-41)50(38(8-4)18-6-2)46-24-16-26-48(36-46)52(40-21-13-10-14-22-40)44-33-31-43(32-34-44)51(39-19-11-9-12-20-39)47-25-15-23-45(49)35-47;1-2/h5-36H,1,3H2,2,4H3;1-2H3/b18-6-,37-17+,38-8+;. The minimum atomic E-state index is 0.915. The van der Waals surface area contributed by atoms with E-state index in [1.807, 2.05) is 26.0 Å². The fraction of sp³-hybridized carbons (Fsp3) is 0.0800. The van der Waals surface area contributed by atoms with Crippen molar-refractivity contribution in [2.24, 2.45) is 0 Å². The normalized spacial score (nSPS) is 11.6. The van der Waals surface area contributed by atoms with Crippen molar-refractivity contribution in [2.75, 3.05) is 0 Å². The summed E-state index contributed by atoms with van der Waals surface area (Å²) in [5, 5.41) is 0. The van der Waals surface area contributed by atoms with E-state index >= 15 is 0 Å². The molecule has 4 aromatic heterocycles. The number of allylic oxidation sites excluding steroid dienone is 8. The van der Waals surface area contributed by atoms with Gasteiger partial charge in [-0.25, -0.2) is 0 Å². The summed E-state index contributed by atoms with van der Waals surface area (Å²) >= 11 is 0. The van der Waals surface area contributed by atoms with Crippen LogP contribution >= 0.6 is 0 Å². The van der Waals surface area contributed by atoms with Crippen LogP contribution in [0.4, 0.5) is 0 Å². The van der Waals surface area contributed by atoms with Crippen LogP contribution in [0.3, 0.4) is 0 Å². The molecular weight excluding hydrogens is 657 g/mol. The molecule has 0 amide bonds. The summed E-state index contributed by atoms with van der Waals surface area (Å²) in [6.07, 6.45) is 12.1. The quantitative estimate of drug-likeness (QED) is 0.147. The van der Waals surface area contributed by atoms with E-state index < -0.39 is 0 Å². The lowest BCUT2D eigenvalue weighted by molar-refractivity contribution is 1.13. The lowest BCUT2D eigenvalue weighted by atomic mass is 10.2. The Kier molecular flexibility index (Phi) is 12.1. The Balaban J connectivity index is 0.00000245. The van der Waals surface area contributed by atoms with E-state index in [2.05, 4.69) is 221 Å². The molecule has 0 aliphatic heterocycles. The summed E-state index contributed by atoms with van der Waals surface area (Å²) in [6.45, 7) is 16.3. The van der Waals surface area contributed by atoms with Crippen LogP contribution in [0.25, 0.3) is 66.9 Å². The number of hydrogen-bond acceptors (Lipinski definition) is 0. The number of nitrogens with zero attached hydrogens (tertiary/aromatic N) is 4. The van der Waals surface area contributed by atoms with Crippen LogP contribution in [0.5, 0.6) is 0 Å². The first-order valence-electron chi connectivity index (χ1n) is 18.6. The number of rotatable bonds is 7. The number of benzene rings is 6. The highest BCUT2D eigenvalue weighted by atomic mass is 15.0. The maximum absolute atomic E-state index is 4.19. The van der Waals surface area contributed by atoms with Crippen LogP contribution in [0.2, 0.25) is 0 Å². The maximum atomic E-state index is 4.19. The molecule has 4 heterocycles. The van der Waals surface area contributed by atoms with Gasteiger partial charge in [-0.3, -0.25) is 0 Å². The second-order valence-corrected chi connectivity index (χ2v) is 12.3. The average molecular weight is 705 g/mol. The summed E-state index contributed by atoms with van der Waals surface area (Å²) in [5.74, 6) is 0. The SMILES string of the molecule is C=C/C=C(\C=C)n1c2ccc(cc2)n(C(/C=C\C)=C/C)c2cccc(c2)n(-c2ccccc2)c2ccc(cc2)n(-c2ccccc2)c2cccc1c2.CC. The molecule has 0 atom stereocenters. The van der Waals surface area contributed by atoms with E-state index in [-0.39, 0.29) is 0 Å². The molecule has 268 valence electrons. The topological polar surface area (TPSA) is 19.7 Å². The predicted octanol–water partition coefficient (Wildman–Crippen LogP) is 14.0. The van der Waals surface area contributed by atoms with Gasteiger partial charge in [0.2, 0.25) is 0 Å². The van der Waals surface area contributed by atoms with Crippen molar-refractivity contribution >= 4 is 55.5 Å². The molecule has 0 radical (unpaired) electrons. The molecule has 0 spiro atoms. The third kappa shape index (κ3) is 7.69. The van der Waals surface area contributed by atoms with Crippen LogP contribution in [0, 0.1) is 0 Å². The molecule has 0 fully saturated rings. The monoisotopic (exact) mass is 704 g/mol. The summed E-state index contributed by atoms with van der Waals surface area (Å²) in [7, 11) is 0. The van der Waals surface area contributed by atoms with E-state index in [0.717, 1.165) is 66.9 Å². The molecule has 0 unspecified atom stereocenters. The Morgan fingerprint density at radius 1 is 0.444 bits per heavy atom. The largest absolute Gasteiger partial charge is 0.311 e. The number of hydrogen-bond donors (Lipinski definition) is 0. The lowest BCUT2D eigenvalue weighted by Gasteiger charge is -2.17. The summed E-state index contributed by atoms with van der Waals surface area (Å²) in [5.41, 5.74) is 12.4. The van der Waals surface area contributed by atoms with Crippen molar-refractivity contribution in [3.8, 4) is 11.4 Å². The van der Waals surface area contributed by atoms with Crippen molar-refractivity contribution in [1.29, 1.82) is 0 Å². The van der Waals surface area contributed by atoms with Crippen LogP contribution in [-0.4, -0.2) is 18.3 Å². The van der Waals surface area contributed by atoms with Gasteiger partial charge in [0.05, 0.1) is 0 Å². The maximum Gasteiger partial charge on any atom is 0.0482 e.